The number of nitriles is 1. The largest absolute Gasteiger partial charge is 0.408 e. The smallest absolute Gasteiger partial charge is 0.252 e. The van der Waals surface area contributed by atoms with Crippen molar-refractivity contribution in [3.8, 4) is 6.07 Å². The van der Waals surface area contributed by atoms with Gasteiger partial charge in [-0.15, -0.1) is 0 Å². The van der Waals surface area contributed by atoms with Gasteiger partial charge in [0.1, 0.15) is 0 Å². The highest BCUT2D eigenvalue weighted by atomic mass is 79.9. The van der Waals surface area contributed by atoms with Gasteiger partial charge in [-0.25, -0.2) is 0 Å². The first kappa shape index (κ1) is 27.6. The quantitative estimate of drug-likeness (QED) is 0.438. The minimum Gasteiger partial charge on any atom is -0.408 e. The van der Waals surface area contributed by atoms with E-state index in [0.717, 1.165) is 15.6 Å². The molecule has 0 aliphatic carbocycles. The maximum Gasteiger partial charge on any atom is 0.252 e. The molecule has 1 fully saturated rings. The van der Waals surface area contributed by atoms with E-state index in [4.69, 9.17) is 14.9 Å². The minimum atomic E-state index is -1.98. The van der Waals surface area contributed by atoms with Crippen LogP contribution in [-0.4, -0.2) is 37.2 Å². The van der Waals surface area contributed by atoms with E-state index >= 15 is 0 Å². The Bertz CT molecular complexity index is 1130. The number of nitrogens with two attached hydrogens (primary N) is 1. The van der Waals surface area contributed by atoms with Gasteiger partial charge in [0.25, 0.3) is 5.91 Å². The summed E-state index contributed by atoms with van der Waals surface area (Å²) in [6.07, 6.45) is 2.74. The second kappa shape index (κ2) is 10.2. The van der Waals surface area contributed by atoms with E-state index in [0.29, 0.717) is 37.3 Å². The van der Waals surface area contributed by atoms with Gasteiger partial charge in [0.05, 0.1) is 41.5 Å². The fraction of sp³-hybridized carbons (Fsp3) is 0.577. The van der Waals surface area contributed by atoms with Crippen molar-refractivity contribution in [3.63, 3.8) is 0 Å². The fourth-order valence-electron chi connectivity index (χ4n) is 4.27. The molecule has 7 nitrogen and oxygen atoms in total. The predicted octanol–water partition coefficient (Wildman–Crippen LogP) is 5.69. The molecule has 2 atom stereocenters. The summed E-state index contributed by atoms with van der Waals surface area (Å²) in [5.41, 5.74) is 8.24. The monoisotopic (exact) mass is 560 g/mol. The van der Waals surface area contributed by atoms with E-state index in [1.54, 1.807) is 10.9 Å². The molecular formula is C26H37BrN4O3Si. The highest BCUT2D eigenvalue weighted by Gasteiger charge is 2.42. The second-order valence-electron chi connectivity index (χ2n) is 11.4. The van der Waals surface area contributed by atoms with Gasteiger partial charge < -0.3 is 14.9 Å². The lowest BCUT2D eigenvalue weighted by Gasteiger charge is -2.43. The summed E-state index contributed by atoms with van der Waals surface area (Å²) in [6, 6.07) is 8.28. The van der Waals surface area contributed by atoms with Crippen LogP contribution in [0.15, 0.2) is 28.9 Å². The molecule has 9 heteroatoms. The number of amides is 1. The zero-order valence-electron chi connectivity index (χ0n) is 21.8. The first-order valence-electron chi connectivity index (χ1n) is 12.0. The van der Waals surface area contributed by atoms with Gasteiger partial charge in [0.15, 0.2) is 8.32 Å². The van der Waals surface area contributed by atoms with Crippen LogP contribution in [0, 0.1) is 17.2 Å². The Kier molecular flexibility index (Phi) is 8.02. The predicted molar refractivity (Wildman–Crippen MR) is 143 cm³/mol. The van der Waals surface area contributed by atoms with Crippen molar-refractivity contribution in [2.24, 2.45) is 11.7 Å². The average Bonchev–Trinajstić information content (AvgIpc) is 3.16. The van der Waals surface area contributed by atoms with Gasteiger partial charge >= 0.3 is 0 Å². The van der Waals surface area contributed by atoms with Crippen molar-refractivity contribution in [2.75, 3.05) is 13.2 Å². The van der Waals surface area contributed by atoms with E-state index < -0.39 is 19.8 Å². The number of hydrogen-bond acceptors (Lipinski definition) is 5. The summed E-state index contributed by atoms with van der Waals surface area (Å²) in [5.74, 6) is -0.745. The standard InChI is InChI=1S/C26H37BrN4O3Si/c1-25(2,3)35(6,7)34-26(4,5)20-9-8-17(12-21(20)27)13-22-19(24(29)32)15-31(30-22)23-16-33-11-10-18(23)14-28/h8-9,12,15,18,23H,10-11,13,16H2,1-7H3,(H2,29,32)/t18-,23?/m0/s1. The molecule has 2 aromatic rings. The molecule has 1 amide bonds. The van der Waals surface area contributed by atoms with E-state index in [-0.39, 0.29) is 17.0 Å². The Morgan fingerprint density at radius 3 is 2.60 bits per heavy atom. The summed E-state index contributed by atoms with van der Waals surface area (Å²) >= 11 is 3.75. The zero-order chi connectivity index (χ0) is 26.2. The van der Waals surface area contributed by atoms with Crippen LogP contribution in [0.25, 0.3) is 0 Å². The molecule has 1 saturated heterocycles. The lowest BCUT2D eigenvalue weighted by Crippen LogP contribution is -2.46. The Hall–Kier alpha value is -1.99. The molecule has 2 N–H and O–H groups in total. The second-order valence-corrected chi connectivity index (χ2v) is 16.9. The van der Waals surface area contributed by atoms with Gasteiger partial charge in [-0.3, -0.25) is 9.48 Å². The lowest BCUT2D eigenvalue weighted by atomic mass is 9.96. The summed E-state index contributed by atoms with van der Waals surface area (Å²) in [5, 5.41) is 14.3. The van der Waals surface area contributed by atoms with Crippen LogP contribution in [0.4, 0.5) is 0 Å². The van der Waals surface area contributed by atoms with Crippen LogP contribution in [0.5, 0.6) is 0 Å². The third-order valence-electron chi connectivity index (χ3n) is 7.28. The molecule has 0 radical (unpaired) electrons. The van der Waals surface area contributed by atoms with Crippen LogP contribution < -0.4 is 5.73 Å². The van der Waals surface area contributed by atoms with Crippen LogP contribution in [0.2, 0.25) is 18.1 Å². The molecule has 1 aliphatic rings. The molecule has 1 aromatic heterocycles. The molecule has 0 spiro atoms. The summed E-state index contributed by atoms with van der Waals surface area (Å²) in [4.78, 5) is 12.2. The van der Waals surface area contributed by atoms with Crippen molar-refractivity contribution in [2.45, 2.75) is 77.2 Å². The van der Waals surface area contributed by atoms with Crippen molar-refractivity contribution >= 4 is 30.2 Å². The Balaban J connectivity index is 1.88. The number of nitrogens with zero attached hydrogens (tertiary/aromatic N) is 3. The topological polar surface area (TPSA) is 103 Å². The Morgan fingerprint density at radius 1 is 1.34 bits per heavy atom. The molecule has 1 unspecified atom stereocenters. The number of halogens is 1. The molecule has 0 saturated carbocycles. The molecule has 190 valence electrons. The molecule has 35 heavy (non-hydrogen) atoms. The number of benzene rings is 1. The third kappa shape index (κ3) is 6.05. The molecule has 1 aromatic carbocycles. The van der Waals surface area contributed by atoms with E-state index in [1.807, 2.05) is 6.07 Å². The van der Waals surface area contributed by atoms with Crippen LogP contribution in [0.3, 0.4) is 0 Å². The molecule has 3 rings (SSSR count). The van der Waals surface area contributed by atoms with Crippen molar-refractivity contribution in [1.82, 2.24) is 9.78 Å². The number of rotatable bonds is 7. The third-order valence-corrected chi connectivity index (χ3v) is 12.6. The molecule has 0 bridgehead atoms. The van der Waals surface area contributed by atoms with Gasteiger partial charge in [-0.1, -0.05) is 48.8 Å². The van der Waals surface area contributed by atoms with E-state index in [9.17, 15) is 10.1 Å². The average molecular weight is 562 g/mol. The Labute approximate surface area is 218 Å². The normalized spacial score (nSPS) is 19.4. The number of carbonyl (C=O) groups excluding carboxylic acids is 1. The van der Waals surface area contributed by atoms with Gasteiger partial charge in [-0.05, 0) is 55.6 Å². The fourth-order valence-corrected chi connectivity index (χ4v) is 6.86. The lowest BCUT2D eigenvalue weighted by molar-refractivity contribution is 0.0339. The van der Waals surface area contributed by atoms with Gasteiger partial charge in [0.2, 0.25) is 0 Å². The van der Waals surface area contributed by atoms with Crippen LogP contribution in [-0.2, 0) is 21.2 Å². The number of ether oxygens (including phenoxy) is 1. The molecular weight excluding hydrogens is 524 g/mol. The number of aromatic nitrogens is 2. The number of carbonyl (C=O) groups is 1. The SMILES string of the molecule is CC(C)(O[Si](C)(C)C(C)(C)C)c1ccc(Cc2nn(C3COCC[C@H]3C#N)cc2C(N)=O)cc1Br. The summed E-state index contributed by atoms with van der Waals surface area (Å²) in [7, 11) is -1.98. The zero-order valence-corrected chi connectivity index (χ0v) is 24.4. The maximum absolute atomic E-state index is 12.2. The van der Waals surface area contributed by atoms with Crippen molar-refractivity contribution in [1.29, 1.82) is 5.26 Å². The first-order valence-corrected chi connectivity index (χ1v) is 15.7. The first-order chi connectivity index (χ1) is 16.2. The minimum absolute atomic E-state index is 0.106. The highest BCUT2D eigenvalue weighted by Crippen LogP contribution is 2.43. The molecule has 1 aliphatic heterocycles. The van der Waals surface area contributed by atoms with Gasteiger partial charge in [-0.2, -0.15) is 10.4 Å². The van der Waals surface area contributed by atoms with E-state index in [2.05, 4.69) is 86.9 Å². The highest BCUT2D eigenvalue weighted by molar-refractivity contribution is 9.10. The van der Waals surface area contributed by atoms with E-state index in [1.165, 1.54) is 0 Å². The summed E-state index contributed by atoms with van der Waals surface area (Å²) in [6.45, 7) is 16.4. The molecule has 2 heterocycles. The van der Waals surface area contributed by atoms with Crippen LogP contribution in [0.1, 0.15) is 74.3 Å². The van der Waals surface area contributed by atoms with Crippen LogP contribution >= 0.6 is 15.9 Å². The van der Waals surface area contributed by atoms with Gasteiger partial charge in [0, 0.05) is 23.7 Å². The Morgan fingerprint density at radius 2 is 2.03 bits per heavy atom. The summed E-state index contributed by atoms with van der Waals surface area (Å²) < 4.78 is 15.0. The number of hydrogen-bond donors (Lipinski definition) is 1. The van der Waals surface area contributed by atoms with Crippen molar-refractivity contribution < 1.29 is 14.0 Å². The number of primary amides is 1. The maximum atomic E-state index is 12.2. The van der Waals surface area contributed by atoms with Crippen molar-refractivity contribution in [3.05, 3.63) is 51.3 Å².